The van der Waals surface area contributed by atoms with E-state index in [1.807, 2.05) is 0 Å². The van der Waals surface area contributed by atoms with Gasteiger partial charge in [-0.3, -0.25) is 4.79 Å². The van der Waals surface area contributed by atoms with Gasteiger partial charge in [0.1, 0.15) is 0 Å². The number of rotatable bonds is 2. The molecule has 1 atom stereocenters. The van der Waals surface area contributed by atoms with Crippen molar-refractivity contribution in [1.82, 2.24) is 15.1 Å². The van der Waals surface area contributed by atoms with Crippen molar-refractivity contribution in [2.75, 3.05) is 32.7 Å². The Morgan fingerprint density at radius 3 is 2.24 bits per heavy atom. The number of urea groups is 1. The lowest BCUT2D eigenvalue weighted by molar-refractivity contribution is -0.150. The number of carboxylic acid groups (broad SMARTS) is 1. The Morgan fingerprint density at radius 1 is 1.14 bits per heavy atom. The third-order valence-corrected chi connectivity index (χ3v) is 5.64. The van der Waals surface area contributed by atoms with Crippen LogP contribution in [0, 0.1) is 11.3 Å². The molecule has 21 heavy (non-hydrogen) atoms. The van der Waals surface area contributed by atoms with E-state index in [2.05, 4.69) is 10.2 Å². The van der Waals surface area contributed by atoms with Crippen LogP contribution in [-0.2, 0) is 4.79 Å². The zero-order valence-electron chi connectivity index (χ0n) is 12.7. The van der Waals surface area contributed by atoms with Crippen LogP contribution in [0.1, 0.15) is 32.6 Å². The van der Waals surface area contributed by atoms with Gasteiger partial charge in [0.2, 0.25) is 0 Å². The first-order valence-electron chi connectivity index (χ1n) is 7.99. The summed E-state index contributed by atoms with van der Waals surface area (Å²) >= 11 is 0. The number of carboxylic acids is 1. The first kappa shape index (κ1) is 14.6. The minimum Gasteiger partial charge on any atom is -0.481 e. The average molecular weight is 295 g/mol. The Hall–Kier alpha value is -1.30. The minimum atomic E-state index is -0.750. The minimum absolute atomic E-state index is 0.0128. The van der Waals surface area contributed by atoms with E-state index in [1.54, 1.807) is 11.8 Å². The van der Waals surface area contributed by atoms with Crippen molar-refractivity contribution in [1.29, 1.82) is 0 Å². The third-order valence-electron chi connectivity index (χ3n) is 5.64. The van der Waals surface area contributed by atoms with Gasteiger partial charge in [-0.2, -0.15) is 0 Å². The van der Waals surface area contributed by atoms with Gasteiger partial charge in [0.05, 0.1) is 5.41 Å². The number of carbonyl (C=O) groups is 2. The maximum Gasteiger partial charge on any atom is 0.317 e. The molecule has 6 nitrogen and oxygen atoms in total. The topological polar surface area (TPSA) is 72.9 Å². The Labute approximate surface area is 125 Å². The summed E-state index contributed by atoms with van der Waals surface area (Å²) in [5, 5.41) is 12.4. The van der Waals surface area contributed by atoms with Crippen LogP contribution >= 0.6 is 0 Å². The Kier molecular flexibility index (Phi) is 3.82. The van der Waals surface area contributed by atoms with Gasteiger partial charge in [-0.15, -0.1) is 0 Å². The Balaban J connectivity index is 1.52. The molecule has 0 saturated carbocycles. The van der Waals surface area contributed by atoms with E-state index in [1.165, 1.54) is 12.8 Å². The monoisotopic (exact) mass is 295 g/mol. The summed E-state index contributed by atoms with van der Waals surface area (Å²) in [5.41, 5.74) is -0.674. The van der Waals surface area contributed by atoms with Gasteiger partial charge in [0.15, 0.2) is 0 Å². The van der Waals surface area contributed by atoms with Crippen molar-refractivity contribution in [2.24, 2.45) is 11.3 Å². The van der Waals surface area contributed by atoms with Gasteiger partial charge < -0.3 is 20.2 Å². The molecule has 4 aliphatic heterocycles. The van der Waals surface area contributed by atoms with Crippen molar-refractivity contribution in [3.8, 4) is 0 Å². The Bertz CT molecular complexity index is 424. The fraction of sp³-hybridized carbons (Fsp3) is 0.867. The molecule has 4 rings (SSSR count). The van der Waals surface area contributed by atoms with Crippen LogP contribution in [0.15, 0.2) is 0 Å². The number of fused-ring (bicyclic) bond motifs is 3. The molecule has 4 saturated heterocycles. The molecule has 2 amide bonds. The van der Waals surface area contributed by atoms with E-state index in [0.717, 1.165) is 19.6 Å². The number of amides is 2. The lowest BCUT2D eigenvalue weighted by atomic mass is 9.80. The van der Waals surface area contributed by atoms with Gasteiger partial charge in [-0.1, -0.05) is 0 Å². The van der Waals surface area contributed by atoms with Crippen LogP contribution in [0.3, 0.4) is 0 Å². The second-order valence-electron chi connectivity index (χ2n) is 7.05. The number of likely N-dealkylation sites (tertiary alicyclic amines) is 1. The average Bonchev–Trinajstić information content (AvgIpc) is 2.49. The number of hydrogen-bond acceptors (Lipinski definition) is 3. The zero-order valence-corrected chi connectivity index (χ0v) is 12.7. The predicted molar refractivity (Wildman–Crippen MR) is 78.0 cm³/mol. The molecule has 0 aromatic rings. The normalized spacial score (nSPS) is 34.5. The summed E-state index contributed by atoms with van der Waals surface area (Å²) < 4.78 is 0. The summed E-state index contributed by atoms with van der Waals surface area (Å²) in [6.45, 7) is 6.15. The van der Waals surface area contributed by atoms with Gasteiger partial charge in [0.25, 0.3) is 0 Å². The molecule has 6 heteroatoms. The van der Waals surface area contributed by atoms with Gasteiger partial charge in [0, 0.05) is 25.7 Å². The highest BCUT2D eigenvalue weighted by Crippen LogP contribution is 2.31. The van der Waals surface area contributed by atoms with Crippen LogP contribution in [-0.4, -0.2) is 65.7 Å². The molecule has 118 valence electrons. The van der Waals surface area contributed by atoms with E-state index in [-0.39, 0.29) is 12.1 Å². The molecular weight excluding hydrogens is 270 g/mol. The van der Waals surface area contributed by atoms with E-state index >= 15 is 0 Å². The number of nitrogens with zero attached hydrogens (tertiary/aromatic N) is 2. The lowest BCUT2D eigenvalue weighted by Gasteiger charge is -2.45. The van der Waals surface area contributed by atoms with Crippen LogP contribution < -0.4 is 5.32 Å². The second-order valence-corrected chi connectivity index (χ2v) is 7.05. The molecule has 2 N–H and O–H groups in total. The largest absolute Gasteiger partial charge is 0.481 e. The number of hydrogen-bond donors (Lipinski definition) is 2. The van der Waals surface area contributed by atoms with Crippen molar-refractivity contribution in [3.63, 3.8) is 0 Å². The molecular formula is C15H25N3O3. The molecule has 2 bridgehead atoms. The number of piperidine rings is 4. The summed E-state index contributed by atoms with van der Waals surface area (Å²) in [7, 11) is 0. The summed E-state index contributed by atoms with van der Waals surface area (Å²) in [4.78, 5) is 27.8. The van der Waals surface area contributed by atoms with Crippen LogP contribution in [0.5, 0.6) is 0 Å². The van der Waals surface area contributed by atoms with Crippen molar-refractivity contribution < 1.29 is 14.7 Å². The SMILES string of the molecule is CC1(C(=O)O)CCN(C(=O)NC2CN3CCC2CC3)CC1. The molecule has 0 spiro atoms. The molecule has 1 unspecified atom stereocenters. The summed E-state index contributed by atoms with van der Waals surface area (Å²) in [6.07, 6.45) is 3.44. The van der Waals surface area contributed by atoms with Gasteiger partial charge >= 0.3 is 12.0 Å². The van der Waals surface area contributed by atoms with Crippen molar-refractivity contribution >= 4 is 12.0 Å². The zero-order chi connectivity index (χ0) is 15.0. The van der Waals surface area contributed by atoms with Crippen molar-refractivity contribution in [2.45, 2.75) is 38.6 Å². The van der Waals surface area contributed by atoms with Crippen molar-refractivity contribution in [3.05, 3.63) is 0 Å². The summed E-state index contributed by atoms with van der Waals surface area (Å²) in [6, 6.07) is 0.258. The molecule has 0 aromatic carbocycles. The Morgan fingerprint density at radius 2 is 1.76 bits per heavy atom. The molecule has 0 aliphatic carbocycles. The highest BCUT2D eigenvalue weighted by atomic mass is 16.4. The third kappa shape index (κ3) is 2.86. The van der Waals surface area contributed by atoms with E-state index in [9.17, 15) is 14.7 Å². The fourth-order valence-corrected chi connectivity index (χ4v) is 3.80. The smallest absolute Gasteiger partial charge is 0.317 e. The highest BCUT2D eigenvalue weighted by Gasteiger charge is 2.39. The molecule has 4 heterocycles. The van der Waals surface area contributed by atoms with E-state index < -0.39 is 11.4 Å². The number of carbonyl (C=O) groups excluding carboxylic acids is 1. The highest BCUT2D eigenvalue weighted by molar-refractivity contribution is 5.77. The van der Waals surface area contributed by atoms with Crippen LogP contribution in [0.25, 0.3) is 0 Å². The second kappa shape index (κ2) is 5.48. The maximum atomic E-state index is 12.4. The molecule has 0 radical (unpaired) electrons. The molecule has 4 fully saturated rings. The van der Waals surface area contributed by atoms with E-state index in [4.69, 9.17) is 0 Å². The summed E-state index contributed by atoms with van der Waals surface area (Å²) in [5.74, 6) is -0.132. The fourth-order valence-electron chi connectivity index (χ4n) is 3.80. The van der Waals surface area contributed by atoms with Crippen LogP contribution in [0.2, 0.25) is 0 Å². The first-order chi connectivity index (χ1) is 9.98. The quantitative estimate of drug-likeness (QED) is 0.796. The van der Waals surface area contributed by atoms with Gasteiger partial charge in [-0.25, -0.2) is 4.79 Å². The standard InChI is InChI=1S/C15H25N3O3/c1-15(13(19)20)4-8-18(9-5-15)14(21)16-12-10-17-6-2-11(12)3-7-17/h11-12H,2-10H2,1H3,(H,16,21)(H,19,20). The lowest BCUT2D eigenvalue weighted by Crippen LogP contribution is -2.60. The van der Waals surface area contributed by atoms with E-state index in [0.29, 0.717) is 31.8 Å². The number of aliphatic carboxylic acids is 1. The van der Waals surface area contributed by atoms with Crippen LogP contribution in [0.4, 0.5) is 4.79 Å². The maximum absolute atomic E-state index is 12.4. The first-order valence-corrected chi connectivity index (χ1v) is 7.99. The predicted octanol–water partition coefficient (Wildman–Crippen LogP) is 0.977. The number of nitrogens with one attached hydrogen (secondary N) is 1. The molecule has 4 aliphatic rings. The molecule has 0 aromatic heterocycles. The van der Waals surface area contributed by atoms with Gasteiger partial charge in [-0.05, 0) is 51.6 Å².